The zero-order valence-corrected chi connectivity index (χ0v) is 11.1. The first-order valence-electron chi connectivity index (χ1n) is 4.94. The summed E-state index contributed by atoms with van der Waals surface area (Å²) in [6.45, 7) is 2.35. The van der Waals surface area contributed by atoms with Crippen molar-refractivity contribution in [1.82, 2.24) is 4.90 Å². The van der Waals surface area contributed by atoms with Crippen LogP contribution in [0.15, 0.2) is 18.2 Å². The van der Waals surface area contributed by atoms with E-state index in [0.29, 0.717) is 10.0 Å². The molecule has 0 aliphatic carbocycles. The molecule has 1 atom stereocenters. The van der Waals surface area contributed by atoms with E-state index in [0.717, 1.165) is 17.9 Å². The number of rotatable bonds is 1. The minimum atomic E-state index is 0.00343. The van der Waals surface area contributed by atoms with Crippen molar-refractivity contribution in [2.45, 2.75) is 12.3 Å². The van der Waals surface area contributed by atoms with Gasteiger partial charge in [-0.05, 0) is 6.07 Å². The summed E-state index contributed by atoms with van der Waals surface area (Å²) in [6.07, 6.45) is 0. The molecule has 1 heterocycles. The van der Waals surface area contributed by atoms with E-state index in [4.69, 9.17) is 23.2 Å². The molecule has 0 radical (unpaired) electrons. The summed E-state index contributed by atoms with van der Waals surface area (Å²) < 4.78 is 0. The third-order valence-electron chi connectivity index (χ3n) is 2.54. The molecule has 1 aromatic carbocycles. The van der Waals surface area contributed by atoms with Gasteiger partial charge in [0.25, 0.3) is 0 Å². The standard InChI is InChI=1S/C11H11Cl2NOS/c1-7(15)14-5-6-16-11(14)8-3-2-4-9(12)10(8)13/h2-4,11H,5-6H2,1H3/t11-/m0/s1. The van der Waals surface area contributed by atoms with E-state index in [1.54, 1.807) is 24.8 Å². The maximum absolute atomic E-state index is 11.5. The molecule has 0 bridgehead atoms. The molecule has 0 N–H and O–H groups in total. The highest BCUT2D eigenvalue weighted by atomic mass is 35.5. The highest BCUT2D eigenvalue weighted by Gasteiger charge is 2.30. The molecule has 1 saturated heterocycles. The lowest BCUT2D eigenvalue weighted by Gasteiger charge is -2.23. The fourth-order valence-electron chi connectivity index (χ4n) is 1.76. The normalized spacial score (nSPS) is 20.2. The number of hydrogen-bond donors (Lipinski definition) is 0. The molecular weight excluding hydrogens is 265 g/mol. The lowest BCUT2D eigenvalue weighted by atomic mass is 10.2. The van der Waals surface area contributed by atoms with Crippen LogP contribution in [0.1, 0.15) is 17.9 Å². The van der Waals surface area contributed by atoms with Crippen LogP contribution in [0.25, 0.3) is 0 Å². The van der Waals surface area contributed by atoms with Gasteiger partial charge in [-0.1, -0.05) is 35.3 Å². The van der Waals surface area contributed by atoms with Gasteiger partial charge in [0.15, 0.2) is 0 Å². The van der Waals surface area contributed by atoms with Crippen molar-refractivity contribution < 1.29 is 4.79 Å². The Bertz CT molecular complexity index is 424. The fourth-order valence-corrected chi connectivity index (χ4v) is 3.57. The van der Waals surface area contributed by atoms with Gasteiger partial charge in [0.2, 0.25) is 5.91 Å². The van der Waals surface area contributed by atoms with Crippen LogP contribution in [0, 0.1) is 0 Å². The van der Waals surface area contributed by atoms with E-state index in [2.05, 4.69) is 0 Å². The van der Waals surface area contributed by atoms with Gasteiger partial charge in [0, 0.05) is 24.8 Å². The Morgan fingerprint density at radius 3 is 2.94 bits per heavy atom. The van der Waals surface area contributed by atoms with Gasteiger partial charge in [0.1, 0.15) is 5.37 Å². The van der Waals surface area contributed by atoms with E-state index in [-0.39, 0.29) is 11.3 Å². The van der Waals surface area contributed by atoms with Crippen molar-refractivity contribution in [2.75, 3.05) is 12.3 Å². The maximum Gasteiger partial charge on any atom is 0.220 e. The number of nitrogens with zero attached hydrogens (tertiary/aromatic N) is 1. The smallest absolute Gasteiger partial charge is 0.220 e. The molecule has 1 aromatic rings. The second kappa shape index (κ2) is 4.86. The Balaban J connectivity index is 2.36. The lowest BCUT2D eigenvalue weighted by Crippen LogP contribution is -2.27. The molecule has 86 valence electrons. The quantitative estimate of drug-likeness (QED) is 0.781. The largest absolute Gasteiger partial charge is 0.326 e. The van der Waals surface area contributed by atoms with Gasteiger partial charge < -0.3 is 4.90 Å². The second-order valence-corrected chi connectivity index (χ2v) is 5.55. The van der Waals surface area contributed by atoms with Gasteiger partial charge in [-0.3, -0.25) is 4.79 Å². The van der Waals surface area contributed by atoms with Crippen LogP contribution in [-0.4, -0.2) is 23.1 Å². The number of benzene rings is 1. The molecule has 0 saturated carbocycles. The monoisotopic (exact) mass is 275 g/mol. The highest BCUT2D eigenvalue weighted by Crippen LogP contribution is 2.42. The van der Waals surface area contributed by atoms with Crippen molar-refractivity contribution in [3.63, 3.8) is 0 Å². The molecule has 0 aromatic heterocycles. The summed E-state index contributed by atoms with van der Waals surface area (Å²) in [5, 5.41) is 1.09. The topological polar surface area (TPSA) is 20.3 Å². The van der Waals surface area contributed by atoms with Crippen LogP contribution in [0.5, 0.6) is 0 Å². The van der Waals surface area contributed by atoms with Crippen molar-refractivity contribution in [1.29, 1.82) is 0 Å². The van der Waals surface area contributed by atoms with Crippen LogP contribution in [0.4, 0.5) is 0 Å². The van der Waals surface area contributed by atoms with E-state index in [9.17, 15) is 4.79 Å². The Morgan fingerprint density at radius 1 is 1.50 bits per heavy atom. The SMILES string of the molecule is CC(=O)N1CCS[C@H]1c1cccc(Cl)c1Cl. The third-order valence-corrected chi connectivity index (χ3v) is 4.62. The molecule has 1 fully saturated rings. The number of amides is 1. The molecule has 1 amide bonds. The number of thioether (sulfide) groups is 1. The molecule has 2 nitrogen and oxygen atoms in total. The molecule has 2 rings (SSSR count). The molecule has 0 spiro atoms. The predicted molar refractivity (Wildman–Crippen MR) is 69.0 cm³/mol. The molecular formula is C11H11Cl2NOS. The maximum atomic E-state index is 11.5. The highest BCUT2D eigenvalue weighted by molar-refractivity contribution is 7.99. The first kappa shape index (κ1) is 12.1. The minimum absolute atomic E-state index is 0.00343. The number of halogens is 2. The summed E-state index contributed by atoms with van der Waals surface area (Å²) in [6, 6.07) is 5.54. The van der Waals surface area contributed by atoms with Crippen LogP contribution in [0.2, 0.25) is 10.0 Å². The van der Waals surface area contributed by atoms with Crippen molar-refractivity contribution >= 4 is 40.9 Å². The zero-order chi connectivity index (χ0) is 11.7. The van der Waals surface area contributed by atoms with Gasteiger partial charge in [-0.2, -0.15) is 0 Å². The molecule has 0 unspecified atom stereocenters. The summed E-state index contributed by atoms with van der Waals surface area (Å²) >= 11 is 13.9. The molecule has 1 aliphatic heterocycles. The van der Waals surface area contributed by atoms with E-state index < -0.39 is 0 Å². The summed E-state index contributed by atoms with van der Waals surface area (Å²) in [5.74, 6) is 1.01. The van der Waals surface area contributed by atoms with Crippen molar-refractivity contribution in [2.24, 2.45) is 0 Å². The molecule has 16 heavy (non-hydrogen) atoms. The second-order valence-electron chi connectivity index (χ2n) is 3.58. The Labute approximate surface area is 109 Å². The zero-order valence-electron chi connectivity index (χ0n) is 8.74. The van der Waals surface area contributed by atoms with Gasteiger partial charge >= 0.3 is 0 Å². The number of carbonyl (C=O) groups is 1. The van der Waals surface area contributed by atoms with Gasteiger partial charge in [-0.25, -0.2) is 0 Å². The number of carbonyl (C=O) groups excluding carboxylic acids is 1. The average Bonchev–Trinajstić information content (AvgIpc) is 2.70. The molecule has 5 heteroatoms. The minimum Gasteiger partial charge on any atom is -0.326 e. The van der Waals surface area contributed by atoms with Crippen molar-refractivity contribution in [3.8, 4) is 0 Å². The fraction of sp³-hybridized carbons (Fsp3) is 0.364. The van der Waals surface area contributed by atoms with Crippen LogP contribution >= 0.6 is 35.0 Å². The Hall–Kier alpha value is -0.380. The average molecular weight is 276 g/mol. The van der Waals surface area contributed by atoms with E-state index >= 15 is 0 Å². The van der Waals surface area contributed by atoms with Crippen LogP contribution < -0.4 is 0 Å². The van der Waals surface area contributed by atoms with Crippen LogP contribution in [0.3, 0.4) is 0 Å². The summed E-state index contributed by atoms with van der Waals surface area (Å²) in [4.78, 5) is 13.3. The predicted octanol–water partition coefficient (Wildman–Crippen LogP) is 3.59. The summed E-state index contributed by atoms with van der Waals surface area (Å²) in [5.41, 5.74) is 0.923. The third kappa shape index (κ3) is 2.17. The number of hydrogen-bond acceptors (Lipinski definition) is 2. The summed E-state index contributed by atoms with van der Waals surface area (Å²) in [7, 11) is 0. The van der Waals surface area contributed by atoms with Crippen molar-refractivity contribution in [3.05, 3.63) is 33.8 Å². The van der Waals surface area contributed by atoms with Gasteiger partial charge in [-0.15, -0.1) is 11.8 Å². The lowest BCUT2D eigenvalue weighted by molar-refractivity contribution is -0.128. The van der Waals surface area contributed by atoms with Crippen LogP contribution in [-0.2, 0) is 4.79 Å². The Morgan fingerprint density at radius 2 is 2.25 bits per heavy atom. The van der Waals surface area contributed by atoms with E-state index in [1.807, 2.05) is 17.0 Å². The first-order valence-corrected chi connectivity index (χ1v) is 6.74. The first-order chi connectivity index (χ1) is 7.61. The van der Waals surface area contributed by atoms with Gasteiger partial charge in [0.05, 0.1) is 10.0 Å². The Kier molecular flexibility index (Phi) is 3.67. The van der Waals surface area contributed by atoms with E-state index in [1.165, 1.54) is 0 Å². The molecule has 1 aliphatic rings.